The number of carbonyl (C=O) groups is 1. The maximum Gasteiger partial charge on any atom is 0.253 e. The van der Waals surface area contributed by atoms with Crippen molar-refractivity contribution in [3.63, 3.8) is 0 Å². The van der Waals surface area contributed by atoms with Gasteiger partial charge in [-0.25, -0.2) is 0 Å². The Labute approximate surface area is 200 Å². The van der Waals surface area contributed by atoms with E-state index in [0.29, 0.717) is 18.8 Å². The Bertz CT molecular complexity index is 1200. The minimum Gasteiger partial charge on any atom is -0.397 e. The van der Waals surface area contributed by atoms with E-state index in [1.54, 1.807) is 0 Å². The van der Waals surface area contributed by atoms with Gasteiger partial charge in [-0.2, -0.15) is 0 Å². The number of hydrogen-bond acceptors (Lipinski definition) is 4. The Morgan fingerprint density at radius 1 is 0.676 bits per heavy atom. The Kier molecular flexibility index (Phi) is 6.17. The molecule has 170 valence electrons. The van der Waals surface area contributed by atoms with E-state index in [2.05, 4.69) is 46.2 Å². The van der Waals surface area contributed by atoms with Gasteiger partial charge in [0.15, 0.2) is 0 Å². The number of benzene rings is 4. The summed E-state index contributed by atoms with van der Waals surface area (Å²) in [5.74, 6) is 0.0950. The molecule has 5 rings (SSSR count). The van der Waals surface area contributed by atoms with E-state index in [1.165, 1.54) is 0 Å². The minimum atomic E-state index is 0.0950. The van der Waals surface area contributed by atoms with Gasteiger partial charge < -0.3 is 20.4 Å². The molecule has 4 aromatic carbocycles. The summed E-state index contributed by atoms with van der Waals surface area (Å²) in [5.41, 5.74) is 12.1. The second-order valence-corrected chi connectivity index (χ2v) is 8.39. The van der Waals surface area contributed by atoms with Gasteiger partial charge in [-0.05, 0) is 54.6 Å². The van der Waals surface area contributed by atoms with E-state index in [4.69, 9.17) is 5.73 Å². The standard InChI is InChI=1S/C29H28N4O/c30-27-17-16-26(31-18-20-32(21-19-31)29(34)23-10-4-1-5-11-23)22-28(27)33(24-12-6-2-7-13-24)25-14-8-3-9-15-25/h1-17,22H,18-21,30H2. The molecule has 34 heavy (non-hydrogen) atoms. The number of anilines is 5. The van der Waals surface area contributed by atoms with Crippen molar-refractivity contribution >= 4 is 34.3 Å². The number of piperazine rings is 1. The topological polar surface area (TPSA) is 52.8 Å². The fourth-order valence-corrected chi connectivity index (χ4v) is 4.43. The molecule has 0 unspecified atom stereocenters. The molecule has 0 saturated carbocycles. The van der Waals surface area contributed by atoms with Crippen LogP contribution < -0.4 is 15.5 Å². The molecule has 5 heteroatoms. The number of nitrogen functional groups attached to an aromatic ring is 1. The Balaban J connectivity index is 1.40. The lowest BCUT2D eigenvalue weighted by Gasteiger charge is -2.37. The van der Waals surface area contributed by atoms with Crippen LogP contribution in [0.5, 0.6) is 0 Å². The lowest BCUT2D eigenvalue weighted by Crippen LogP contribution is -2.48. The average molecular weight is 449 g/mol. The van der Waals surface area contributed by atoms with Crippen LogP contribution in [0.2, 0.25) is 0 Å². The third kappa shape index (κ3) is 4.46. The number of amides is 1. The van der Waals surface area contributed by atoms with E-state index >= 15 is 0 Å². The summed E-state index contributed by atoms with van der Waals surface area (Å²) in [6, 6.07) is 36.2. The van der Waals surface area contributed by atoms with E-state index in [0.717, 1.165) is 41.4 Å². The van der Waals surface area contributed by atoms with Gasteiger partial charge in [0.1, 0.15) is 0 Å². The Hall–Kier alpha value is -4.25. The number of hydrogen-bond donors (Lipinski definition) is 1. The smallest absolute Gasteiger partial charge is 0.253 e. The van der Waals surface area contributed by atoms with Crippen LogP contribution in [0.4, 0.5) is 28.4 Å². The highest BCUT2D eigenvalue weighted by molar-refractivity contribution is 5.94. The predicted molar refractivity (Wildman–Crippen MR) is 140 cm³/mol. The lowest BCUT2D eigenvalue weighted by atomic mass is 10.1. The number of nitrogens with zero attached hydrogens (tertiary/aromatic N) is 3. The second-order valence-electron chi connectivity index (χ2n) is 8.39. The first-order chi connectivity index (χ1) is 16.7. The van der Waals surface area contributed by atoms with Gasteiger partial charge in [0.05, 0.1) is 11.4 Å². The first kappa shape index (κ1) is 21.6. The first-order valence-corrected chi connectivity index (χ1v) is 11.6. The van der Waals surface area contributed by atoms with Crippen LogP contribution in [0.3, 0.4) is 0 Å². The molecule has 1 aliphatic rings. The summed E-state index contributed by atoms with van der Waals surface area (Å²) in [5, 5.41) is 0. The zero-order chi connectivity index (χ0) is 23.3. The van der Waals surface area contributed by atoms with Crippen LogP contribution >= 0.6 is 0 Å². The Morgan fingerprint density at radius 3 is 1.76 bits per heavy atom. The van der Waals surface area contributed by atoms with Gasteiger partial charge in [-0.3, -0.25) is 4.79 Å². The van der Waals surface area contributed by atoms with E-state index in [9.17, 15) is 4.79 Å². The molecule has 5 nitrogen and oxygen atoms in total. The summed E-state index contributed by atoms with van der Waals surface area (Å²) in [4.78, 5) is 19.3. The van der Waals surface area contributed by atoms with Crippen LogP contribution in [-0.4, -0.2) is 37.0 Å². The SMILES string of the molecule is Nc1ccc(N2CCN(C(=O)c3ccccc3)CC2)cc1N(c1ccccc1)c1ccccc1. The molecule has 0 aromatic heterocycles. The summed E-state index contributed by atoms with van der Waals surface area (Å²) in [6.45, 7) is 2.93. The maximum absolute atomic E-state index is 12.8. The van der Waals surface area contributed by atoms with Crippen molar-refractivity contribution < 1.29 is 4.79 Å². The van der Waals surface area contributed by atoms with Crippen LogP contribution in [0.1, 0.15) is 10.4 Å². The number of para-hydroxylation sites is 2. The summed E-state index contributed by atoms with van der Waals surface area (Å²) < 4.78 is 0. The quantitative estimate of drug-likeness (QED) is 0.398. The molecule has 0 spiro atoms. The summed E-state index contributed by atoms with van der Waals surface area (Å²) in [7, 11) is 0. The number of nitrogens with two attached hydrogens (primary N) is 1. The predicted octanol–water partition coefficient (Wildman–Crippen LogP) is 5.70. The van der Waals surface area contributed by atoms with Gasteiger partial charge in [0, 0.05) is 48.8 Å². The first-order valence-electron chi connectivity index (χ1n) is 11.6. The normalized spacial score (nSPS) is 13.5. The van der Waals surface area contributed by atoms with Crippen LogP contribution in [-0.2, 0) is 0 Å². The van der Waals surface area contributed by atoms with Gasteiger partial charge in [-0.1, -0.05) is 54.6 Å². The number of carbonyl (C=O) groups excluding carboxylic acids is 1. The van der Waals surface area contributed by atoms with Crippen molar-refractivity contribution in [1.29, 1.82) is 0 Å². The molecule has 1 amide bonds. The van der Waals surface area contributed by atoms with Gasteiger partial charge in [-0.15, -0.1) is 0 Å². The van der Waals surface area contributed by atoms with E-state index < -0.39 is 0 Å². The van der Waals surface area contributed by atoms with Crippen LogP contribution in [0.25, 0.3) is 0 Å². The fourth-order valence-electron chi connectivity index (χ4n) is 4.43. The van der Waals surface area contributed by atoms with Crippen molar-refractivity contribution in [2.75, 3.05) is 41.7 Å². The van der Waals surface area contributed by atoms with Gasteiger partial charge in [0.25, 0.3) is 5.91 Å². The third-order valence-electron chi connectivity index (χ3n) is 6.24. The van der Waals surface area contributed by atoms with E-state index in [1.807, 2.05) is 77.7 Å². The van der Waals surface area contributed by atoms with Crippen molar-refractivity contribution in [3.05, 3.63) is 115 Å². The highest BCUT2D eigenvalue weighted by atomic mass is 16.2. The molecule has 0 atom stereocenters. The van der Waals surface area contributed by atoms with Crippen LogP contribution in [0, 0.1) is 0 Å². The van der Waals surface area contributed by atoms with Crippen LogP contribution in [0.15, 0.2) is 109 Å². The summed E-state index contributed by atoms with van der Waals surface area (Å²) >= 11 is 0. The molecular weight excluding hydrogens is 420 g/mol. The molecule has 1 fully saturated rings. The lowest BCUT2D eigenvalue weighted by molar-refractivity contribution is 0.0747. The second kappa shape index (κ2) is 9.71. The zero-order valence-corrected chi connectivity index (χ0v) is 19.0. The summed E-state index contributed by atoms with van der Waals surface area (Å²) in [6.07, 6.45) is 0. The highest BCUT2D eigenvalue weighted by Gasteiger charge is 2.23. The number of rotatable bonds is 5. The maximum atomic E-state index is 12.8. The monoisotopic (exact) mass is 448 g/mol. The molecule has 2 N–H and O–H groups in total. The van der Waals surface area contributed by atoms with Crippen molar-refractivity contribution in [3.8, 4) is 0 Å². The molecular formula is C29H28N4O. The fraction of sp³-hybridized carbons (Fsp3) is 0.138. The van der Waals surface area contributed by atoms with Crippen molar-refractivity contribution in [2.45, 2.75) is 0 Å². The average Bonchev–Trinajstić information content (AvgIpc) is 2.91. The molecule has 1 saturated heterocycles. The Morgan fingerprint density at radius 2 is 1.21 bits per heavy atom. The molecule has 0 radical (unpaired) electrons. The van der Waals surface area contributed by atoms with Gasteiger partial charge in [0.2, 0.25) is 0 Å². The molecule has 1 heterocycles. The molecule has 0 bridgehead atoms. The van der Waals surface area contributed by atoms with Crippen molar-refractivity contribution in [1.82, 2.24) is 4.90 Å². The van der Waals surface area contributed by atoms with E-state index in [-0.39, 0.29) is 5.91 Å². The van der Waals surface area contributed by atoms with Gasteiger partial charge >= 0.3 is 0 Å². The van der Waals surface area contributed by atoms with Crippen molar-refractivity contribution in [2.24, 2.45) is 0 Å². The highest BCUT2D eigenvalue weighted by Crippen LogP contribution is 2.39. The molecule has 0 aliphatic carbocycles. The molecule has 1 aliphatic heterocycles. The third-order valence-corrected chi connectivity index (χ3v) is 6.24. The zero-order valence-electron chi connectivity index (χ0n) is 19.0. The molecule has 4 aromatic rings. The minimum absolute atomic E-state index is 0.0950. The largest absolute Gasteiger partial charge is 0.397 e.